The minimum absolute atomic E-state index is 0.0137. The highest BCUT2D eigenvalue weighted by Crippen LogP contribution is 2.19. The van der Waals surface area contributed by atoms with Crippen molar-refractivity contribution in [2.75, 3.05) is 0 Å². The fourth-order valence-electron chi connectivity index (χ4n) is 1.87. The van der Waals surface area contributed by atoms with Crippen LogP contribution >= 0.6 is 0 Å². The molecule has 21 heavy (non-hydrogen) atoms. The number of hydrogen-bond donors (Lipinski definition) is 1. The van der Waals surface area contributed by atoms with Crippen molar-refractivity contribution in [2.45, 2.75) is 19.4 Å². The Bertz CT molecular complexity index is 626. The molecule has 6 heteroatoms. The number of nitrogens with one attached hydrogen (secondary N) is 1. The van der Waals surface area contributed by atoms with Crippen molar-refractivity contribution in [1.82, 2.24) is 10.3 Å². The van der Waals surface area contributed by atoms with Crippen LogP contribution in [0.5, 0.6) is 0 Å². The molecular formula is C15H15N3O3. The molecule has 1 atom stereocenters. The topological polar surface area (TPSA) is 85.1 Å². The summed E-state index contributed by atoms with van der Waals surface area (Å²) in [5.41, 5.74) is 1.53. The molecule has 0 fully saturated rings. The van der Waals surface area contributed by atoms with E-state index in [2.05, 4.69) is 10.3 Å². The molecular weight excluding hydrogens is 270 g/mol. The number of nitro benzene ring substituents is 1. The molecule has 1 N–H and O–H groups in total. The molecule has 0 unspecified atom stereocenters. The van der Waals surface area contributed by atoms with E-state index in [0.717, 1.165) is 11.3 Å². The largest absolute Gasteiger partial charge is 0.350 e. The van der Waals surface area contributed by atoms with Gasteiger partial charge < -0.3 is 5.32 Å². The van der Waals surface area contributed by atoms with Crippen LogP contribution in [0.15, 0.2) is 48.7 Å². The first kappa shape index (κ1) is 14.6. The van der Waals surface area contributed by atoms with E-state index in [4.69, 9.17) is 0 Å². The summed E-state index contributed by atoms with van der Waals surface area (Å²) in [6.45, 7) is 2.12. The van der Waals surface area contributed by atoms with Gasteiger partial charge in [-0.2, -0.15) is 0 Å². The minimum Gasteiger partial charge on any atom is -0.350 e. The van der Waals surface area contributed by atoms with E-state index in [-0.39, 0.29) is 17.5 Å². The van der Waals surface area contributed by atoms with E-state index in [9.17, 15) is 14.9 Å². The zero-order chi connectivity index (χ0) is 15.2. The normalized spacial score (nSPS) is 11.7. The predicted molar refractivity (Wildman–Crippen MR) is 77.6 cm³/mol. The van der Waals surface area contributed by atoms with Crippen molar-refractivity contribution < 1.29 is 9.72 Å². The lowest BCUT2D eigenvalue weighted by Gasteiger charge is -2.12. The summed E-state index contributed by atoms with van der Waals surface area (Å²) in [5, 5.41) is 13.4. The van der Waals surface area contributed by atoms with Crippen LogP contribution in [0.1, 0.15) is 24.1 Å². The lowest BCUT2D eigenvalue weighted by Crippen LogP contribution is -2.27. The van der Waals surface area contributed by atoms with Gasteiger partial charge in [0.2, 0.25) is 5.91 Å². The van der Waals surface area contributed by atoms with Crippen molar-refractivity contribution in [3.05, 3.63) is 70.0 Å². The Morgan fingerprint density at radius 2 is 2.00 bits per heavy atom. The van der Waals surface area contributed by atoms with E-state index >= 15 is 0 Å². The quantitative estimate of drug-likeness (QED) is 0.675. The van der Waals surface area contributed by atoms with Gasteiger partial charge in [0.25, 0.3) is 5.69 Å². The number of rotatable bonds is 5. The Labute approximate surface area is 122 Å². The zero-order valence-corrected chi connectivity index (χ0v) is 11.5. The molecule has 1 amide bonds. The Morgan fingerprint density at radius 3 is 2.57 bits per heavy atom. The average molecular weight is 285 g/mol. The molecule has 0 radical (unpaired) electrons. The molecule has 1 aromatic heterocycles. The number of carbonyl (C=O) groups is 1. The van der Waals surface area contributed by atoms with Gasteiger partial charge in [0.15, 0.2) is 0 Å². The Morgan fingerprint density at radius 1 is 1.29 bits per heavy atom. The number of nitro groups is 1. The molecule has 0 spiro atoms. The van der Waals surface area contributed by atoms with E-state index in [1.807, 2.05) is 18.2 Å². The van der Waals surface area contributed by atoms with Gasteiger partial charge in [-0.05, 0) is 24.6 Å². The highest BCUT2D eigenvalue weighted by molar-refractivity contribution is 5.83. The van der Waals surface area contributed by atoms with Crippen LogP contribution in [0.25, 0.3) is 0 Å². The maximum atomic E-state index is 12.1. The first-order chi connectivity index (χ1) is 10.1. The van der Waals surface area contributed by atoms with Crippen molar-refractivity contribution >= 4 is 11.6 Å². The number of nitrogens with zero attached hydrogens (tertiary/aromatic N) is 2. The summed E-state index contributed by atoms with van der Waals surface area (Å²) < 4.78 is 0. The van der Waals surface area contributed by atoms with E-state index in [1.54, 1.807) is 25.3 Å². The Balaban J connectivity index is 1.97. The first-order valence-corrected chi connectivity index (χ1v) is 6.50. The van der Waals surface area contributed by atoms with Crippen molar-refractivity contribution in [3.8, 4) is 0 Å². The highest BCUT2D eigenvalue weighted by Gasteiger charge is 2.16. The summed E-state index contributed by atoms with van der Waals surface area (Å²) in [6.07, 6.45) is 1.67. The number of amides is 1. The Kier molecular flexibility index (Phi) is 4.61. The van der Waals surface area contributed by atoms with Crippen LogP contribution in [-0.2, 0) is 11.3 Å². The van der Waals surface area contributed by atoms with Crippen molar-refractivity contribution in [2.24, 2.45) is 0 Å². The van der Waals surface area contributed by atoms with E-state index in [0.29, 0.717) is 6.54 Å². The van der Waals surface area contributed by atoms with Gasteiger partial charge in [0.05, 0.1) is 23.1 Å². The van der Waals surface area contributed by atoms with Gasteiger partial charge in [-0.15, -0.1) is 0 Å². The van der Waals surface area contributed by atoms with Crippen LogP contribution in [-0.4, -0.2) is 15.8 Å². The van der Waals surface area contributed by atoms with Crippen LogP contribution in [0.2, 0.25) is 0 Å². The second kappa shape index (κ2) is 6.60. The predicted octanol–water partition coefficient (Wildman–Crippen LogP) is 2.41. The fourth-order valence-corrected chi connectivity index (χ4v) is 1.87. The Hall–Kier alpha value is -2.76. The van der Waals surface area contributed by atoms with E-state index in [1.165, 1.54) is 12.1 Å². The summed E-state index contributed by atoms with van der Waals surface area (Å²) in [5.74, 6) is -0.524. The number of aromatic nitrogens is 1. The zero-order valence-electron chi connectivity index (χ0n) is 11.5. The summed E-state index contributed by atoms with van der Waals surface area (Å²) in [6, 6.07) is 11.5. The molecule has 0 saturated heterocycles. The number of carbonyl (C=O) groups excluding carboxylic acids is 1. The molecule has 0 aliphatic rings. The second-order valence-corrected chi connectivity index (χ2v) is 4.61. The molecule has 0 aliphatic heterocycles. The molecule has 6 nitrogen and oxygen atoms in total. The monoisotopic (exact) mass is 285 g/mol. The molecule has 1 aromatic carbocycles. The van der Waals surface area contributed by atoms with Gasteiger partial charge in [0, 0.05) is 18.3 Å². The summed E-state index contributed by atoms with van der Waals surface area (Å²) >= 11 is 0. The van der Waals surface area contributed by atoms with Gasteiger partial charge in [0.1, 0.15) is 0 Å². The smallest absolute Gasteiger partial charge is 0.269 e. The lowest BCUT2D eigenvalue weighted by molar-refractivity contribution is -0.384. The third-order valence-corrected chi connectivity index (χ3v) is 3.17. The van der Waals surface area contributed by atoms with Crippen LogP contribution < -0.4 is 5.32 Å². The second-order valence-electron chi connectivity index (χ2n) is 4.61. The summed E-state index contributed by atoms with van der Waals surface area (Å²) in [7, 11) is 0. The fraction of sp³-hybridized carbons (Fsp3) is 0.200. The number of pyridine rings is 1. The van der Waals surface area contributed by atoms with Crippen LogP contribution in [0.3, 0.4) is 0 Å². The SMILES string of the molecule is C[C@@H](C(=O)NCc1ccccn1)c1ccc([N+](=O)[O-])cc1. The van der Waals surface area contributed by atoms with Crippen LogP contribution in [0, 0.1) is 10.1 Å². The number of benzene rings is 1. The van der Waals surface area contributed by atoms with Gasteiger partial charge in [-0.1, -0.05) is 18.2 Å². The highest BCUT2D eigenvalue weighted by atomic mass is 16.6. The minimum atomic E-state index is -0.463. The van der Waals surface area contributed by atoms with Gasteiger partial charge in [-0.3, -0.25) is 19.9 Å². The van der Waals surface area contributed by atoms with Crippen LogP contribution in [0.4, 0.5) is 5.69 Å². The van der Waals surface area contributed by atoms with Gasteiger partial charge >= 0.3 is 0 Å². The van der Waals surface area contributed by atoms with E-state index < -0.39 is 4.92 Å². The molecule has 0 saturated carbocycles. The average Bonchev–Trinajstić information content (AvgIpc) is 2.53. The molecule has 2 aromatic rings. The molecule has 1 heterocycles. The molecule has 0 aliphatic carbocycles. The maximum absolute atomic E-state index is 12.1. The molecule has 0 bridgehead atoms. The van der Waals surface area contributed by atoms with Crippen molar-refractivity contribution in [3.63, 3.8) is 0 Å². The third kappa shape index (κ3) is 3.85. The maximum Gasteiger partial charge on any atom is 0.269 e. The first-order valence-electron chi connectivity index (χ1n) is 6.50. The number of hydrogen-bond acceptors (Lipinski definition) is 4. The summed E-state index contributed by atoms with van der Waals surface area (Å²) in [4.78, 5) is 26.3. The van der Waals surface area contributed by atoms with Gasteiger partial charge in [-0.25, -0.2) is 0 Å². The third-order valence-electron chi connectivity index (χ3n) is 3.17. The lowest BCUT2D eigenvalue weighted by atomic mass is 10.00. The molecule has 108 valence electrons. The molecule has 2 rings (SSSR count). The standard InChI is InChI=1S/C15H15N3O3/c1-11(12-5-7-14(8-6-12)18(20)21)15(19)17-10-13-4-2-3-9-16-13/h2-9,11H,10H2,1H3,(H,17,19)/t11-/m1/s1. The number of non-ortho nitro benzene ring substituents is 1. The van der Waals surface area contributed by atoms with Crippen molar-refractivity contribution in [1.29, 1.82) is 0 Å².